The van der Waals surface area contributed by atoms with Gasteiger partial charge >= 0.3 is 6.18 Å². The number of para-hydroxylation sites is 1. The lowest BCUT2D eigenvalue weighted by Crippen LogP contribution is -2.32. The standard InChI is InChI=1S/C16H15F3N2O/c1-21(14-5-3-2-4-6-14)15(22)11-20-13-9-7-12(8-10-13)16(17,18)19/h2-10,20H,11H2,1H3. The molecule has 1 N–H and O–H groups in total. The van der Waals surface area contributed by atoms with E-state index in [1.165, 1.54) is 17.0 Å². The highest BCUT2D eigenvalue weighted by molar-refractivity contribution is 5.95. The minimum Gasteiger partial charge on any atom is -0.376 e. The Balaban J connectivity index is 1.94. The van der Waals surface area contributed by atoms with Crippen molar-refractivity contribution in [3.05, 3.63) is 60.2 Å². The maximum Gasteiger partial charge on any atom is 0.416 e. The van der Waals surface area contributed by atoms with Crippen LogP contribution in [0.5, 0.6) is 0 Å². The molecule has 0 aliphatic heterocycles. The van der Waals surface area contributed by atoms with Crippen molar-refractivity contribution in [1.29, 1.82) is 0 Å². The summed E-state index contributed by atoms with van der Waals surface area (Å²) < 4.78 is 37.3. The summed E-state index contributed by atoms with van der Waals surface area (Å²) in [4.78, 5) is 13.5. The number of halogens is 3. The number of benzene rings is 2. The summed E-state index contributed by atoms with van der Waals surface area (Å²) in [6.07, 6.45) is -4.36. The molecule has 0 spiro atoms. The van der Waals surface area contributed by atoms with Gasteiger partial charge in [-0.2, -0.15) is 13.2 Å². The number of carbonyl (C=O) groups excluding carboxylic acids is 1. The smallest absolute Gasteiger partial charge is 0.376 e. The van der Waals surface area contributed by atoms with Crippen LogP contribution in [-0.4, -0.2) is 19.5 Å². The molecular formula is C16H15F3N2O. The Bertz CT molecular complexity index is 624. The van der Waals surface area contributed by atoms with Gasteiger partial charge in [-0.05, 0) is 36.4 Å². The van der Waals surface area contributed by atoms with Crippen LogP contribution in [0.1, 0.15) is 5.56 Å². The molecule has 0 bridgehead atoms. The molecule has 3 nitrogen and oxygen atoms in total. The normalized spacial score (nSPS) is 11.1. The largest absolute Gasteiger partial charge is 0.416 e. The number of anilines is 2. The van der Waals surface area contributed by atoms with Gasteiger partial charge in [0.2, 0.25) is 5.91 Å². The van der Waals surface area contributed by atoms with Gasteiger partial charge in [0.15, 0.2) is 0 Å². The van der Waals surface area contributed by atoms with Crippen LogP contribution in [0.2, 0.25) is 0 Å². The second-order valence-electron chi connectivity index (χ2n) is 4.72. The van der Waals surface area contributed by atoms with Crippen molar-refractivity contribution in [3.63, 3.8) is 0 Å². The molecule has 6 heteroatoms. The molecule has 116 valence electrons. The zero-order valence-corrected chi connectivity index (χ0v) is 11.9. The highest BCUT2D eigenvalue weighted by atomic mass is 19.4. The van der Waals surface area contributed by atoms with Crippen LogP contribution in [0.15, 0.2) is 54.6 Å². The molecule has 0 radical (unpaired) electrons. The van der Waals surface area contributed by atoms with E-state index in [0.29, 0.717) is 5.69 Å². The summed E-state index contributed by atoms with van der Waals surface area (Å²) in [6.45, 7) is -0.00322. The van der Waals surface area contributed by atoms with E-state index >= 15 is 0 Å². The molecule has 0 heterocycles. The maximum atomic E-state index is 12.4. The number of nitrogens with one attached hydrogen (secondary N) is 1. The Labute approximate surface area is 126 Å². The first-order valence-electron chi connectivity index (χ1n) is 6.60. The molecule has 0 fully saturated rings. The Hall–Kier alpha value is -2.50. The van der Waals surface area contributed by atoms with E-state index < -0.39 is 11.7 Å². The SMILES string of the molecule is CN(C(=O)CNc1ccc(C(F)(F)F)cc1)c1ccccc1. The molecule has 0 atom stereocenters. The highest BCUT2D eigenvalue weighted by Gasteiger charge is 2.29. The number of rotatable bonds is 4. The van der Waals surface area contributed by atoms with E-state index in [2.05, 4.69) is 5.32 Å². The molecule has 22 heavy (non-hydrogen) atoms. The molecule has 1 amide bonds. The molecule has 0 unspecified atom stereocenters. The van der Waals surface area contributed by atoms with Crippen LogP contribution >= 0.6 is 0 Å². The first-order chi connectivity index (χ1) is 10.4. The van der Waals surface area contributed by atoms with Crippen molar-refractivity contribution in [3.8, 4) is 0 Å². The fraction of sp³-hybridized carbons (Fsp3) is 0.188. The van der Waals surface area contributed by atoms with Crippen LogP contribution in [-0.2, 0) is 11.0 Å². The number of likely N-dealkylation sites (N-methyl/N-ethyl adjacent to an activating group) is 1. The van der Waals surface area contributed by atoms with Gasteiger partial charge in [-0.3, -0.25) is 4.79 Å². The van der Waals surface area contributed by atoms with Gasteiger partial charge in [-0.25, -0.2) is 0 Å². The first kappa shape index (κ1) is 15.9. The molecule has 2 aromatic rings. The minimum absolute atomic E-state index is 0.00322. The predicted molar refractivity (Wildman–Crippen MR) is 79.8 cm³/mol. The molecule has 0 aromatic heterocycles. The van der Waals surface area contributed by atoms with Crippen LogP contribution in [0.3, 0.4) is 0 Å². The van der Waals surface area contributed by atoms with Gasteiger partial charge in [0, 0.05) is 18.4 Å². The summed E-state index contributed by atoms with van der Waals surface area (Å²) >= 11 is 0. The molecular weight excluding hydrogens is 293 g/mol. The molecule has 0 aliphatic rings. The van der Waals surface area contributed by atoms with Crippen molar-refractivity contribution in [2.24, 2.45) is 0 Å². The Morgan fingerprint density at radius 1 is 1.05 bits per heavy atom. The zero-order chi connectivity index (χ0) is 16.2. The fourth-order valence-corrected chi connectivity index (χ4v) is 1.87. The van der Waals surface area contributed by atoms with Gasteiger partial charge in [0.25, 0.3) is 0 Å². The highest BCUT2D eigenvalue weighted by Crippen LogP contribution is 2.29. The second kappa shape index (κ2) is 6.51. The lowest BCUT2D eigenvalue weighted by atomic mass is 10.2. The Morgan fingerprint density at radius 3 is 2.18 bits per heavy atom. The van der Waals surface area contributed by atoms with Gasteiger partial charge < -0.3 is 10.2 Å². The van der Waals surface area contributed by atoms with E-state index in [1.54, 1.807) is 19.2 Å². The zero-order valence-electron chi connectivity index (χ0n) is 11.9. The average Bonchev–Trinajstić information content (AvgIpc) is 2.52. The Morgan fingerprint density at radius 2 is 1.64 bits per heavy atom. The van der Waals surface area contributed by atoms with E-state index in [9.17, 15) is 18.0 Å². The summed E-state index contributed by atoms with van der Waals surface area (Å²) in [5.74, 6) is -0.189. The minimum atomic E-state index is -4.36. The van der Waals surface area contributed by atoms with Gasteiger partial charge in [0.05, 0.1) is 12.1 Å². The van der Waals surface area contributed by atoms with Gasteiger partial charge in [0.1, 0.15) is 0 Å². The van der Waals surface area contributed by atoms with E-state index in [-0.39, 0.29) is 12.5 Å². The van der Waals surface area contributed by atoms with Crippen LogP contribution in [0.4, 0.5) is 24.5 Å². The van der Waals surface area contributed by atoms with E-state index in [4.69, 9.17) is 0 Å². The average molecular weight is 308 g/mol. The molecule has 2 rings (SSSR count). The third-order valence-corrected chi connectivity index (χ3v) is 3.17. The van der Waals surface area contributed by atoms with Crippen molar-refractivity contribution in [2.45, 2.75) is 6.18 Å². The summed E-state index contributed by atoms with van der Waals surface area (Å²) in [7, 11) is 1.64. The van der Waals surface area contributed by atoms with Crippen molar-refractivity contribution in [1.82, 2.24) is 0 Å². The van der Waals surface area contributed by atoms with Gasteiger partial charge in [-0.15, -0.1) is 0 Å². The number of nitrogens with zero attached hydrogens (tertiary/aromatic N) is 1. The Kier molecular flexibility index (Phi) is 4.70. The molecule has 2 aromatic carbocycles. The molecule has 0 saturated carbocycles. The molecule has 0 aliphatic carbocycles. The van der Waals surface area contributed by atoms with Crippen LogP contribution < -0.4 is 10.2 Å². The number of carbonyl (C=O) groups is 1. The first-order valence-corrected chi connectivity index (χ1v) is 6.60. The number of hydrogen-bond acceptors (Lipinski definition) is 2. The van der Waals surface area contributed by atoms with E-state index in [1.807, 2.05) is 18.2 Å². The summed E-state index contributed by atoms with van der Waals surface area (Å²) in [5.41, 5.74) is 0.496. The predicted octanol–water partition coefficient (Wildman–Crippen LogP) is 3.78. The lowest BCUT2D eigenvalue weighted by Gasteiger charge is -2.18. The monoisotopic (exact) mass is 308 g/mol. The fourth-order valence-electron chi connectivity index (χ4n) is 1.87. The van der Waals surface area contributed by atoms with Crippen LogP contribution in [0.25, 0.3) is 0 Å². The third kappa shape index (κ3) is 4.00. The van der Waals surface area contributed by atoms with Crippen molar-refractivity contribution >= 4 is 17.3 Å². The number of hydrogen-bond donors (Lipinski definition) is 1. The van der Waals surface area contributed by atoms with Crippen molar-refractivity contribution < 1.29 is 18.0 Å². The second-order valence-corrected chi connectivity index (χ2v) is 4.72. The number of amides is 1. The summed E-state index contributed by atoms with van der Waals surface area (Å²) in [6, 6.07) is 13.7. The van der Waals surface area contributed by atoms with E-state index in [0.717, 1.165) is 17.8 Å². The number of alkyl halides is 3. The lowest BCUT2D eigenvalue weighted by molar-refractivity contribution is -0.137. The summed E-state index contributed by atoms with van der Waals surface area (Å²) in [5, 5.41) is 2.82. The maximum absolute atomic E-state index is 12.4. The van der Waals surface area contributed by atoms with Gasteiger partial charge in [-0.1, -0.05) is 18.2 Å². The molecule has 0 saturated heterocycles. The van der Waals surface area contributed by atoms with Crippen LogP contribution in [0, 0.1) is 0 Å². The van der Waals surface area contributed by atoms with Crippen molar-refractivity contribution in [2.75, 3.05) is 23.8 Å². The quantitative estimate of drug-likeness (QED) is 0.932. The topological polar surface area (TPSA) is 32.3 Å². The third-order valence-electron chi connectivity index (χ3n) is 3.17.